The monoisotopic (exact) mass is 189 g/mol. The maximum Gasteiger partial charge on any atom is 0.258 e. The SMILES string of the molecule is Nc1ccc(N2C(=O)C=CC2=O)cn1. The van der Waals surface area contributed by atoms with Gasteiger partial charge in [-0.3, -0.25) is 9.59 Å². The lowest BCUT2D eigenvalue weighted by Crippen LogP contribution is -2.29. The normalized spacial score (nSPS) is 15.3. The van der Waals surface area contributed by atoms with Crippen LogP contribution in [0.25, 0.3) is 0 Å². The van der Waals surface area contributed by atoms with Gasteiger partial charge in [-0.1, -0.05) is 0 Å². The Bertz CT molecular complexity index is 404. The summed E-state index contributed by atoms with van der Waals surface area (Å²) >= 11 is 0. The van der Waals surface area contributed by atoms with Crippen LogP contribution < -0.4 is 10.6 Å². The second-order valence-corrected chi connectivity index (χ2v) is 2.79. The molecule has 0 unspecified atom stereocenters. The zero-order valence-corrected chi connectivity index (χ0v) is 7.18. The molecule has 1 aliphatic rings. The third kappa shape index (κ3) is 1.24. The van der Waals surface area contributed by atoms with Crippen LogP contribution in [0.2, 0.25) is 0 Å². The molecule has 0 radical (unpaired) electrons. The standard InChI is InChI=1S/C9H7N3O2/c10-7-2-1-6(5-11-7)12-8(13)3-4-9(12)14/h1-5H,(H2,10,11). The van der Waals surface area contributed by atoms with E-state index in [9.17, 15) is 9.59 Å². The molecule has 5 nitrogen and oxygen atoms in total. The van der Waals surface area contributed by atoms with Crippen molar-refractivity contribution in [3.05, 3.63) is 30.5 Å². The first-order chi connectivity index (χ1) is 6.68. The summed E-state index contributed by atoms with van der Waals surface area (Å²) in [4.78, 5) is 27.3. The number of aromatic nitrogens is 1. The molecule has 0 saturated heterocycles. The van der Waals surface area contributed by atoms with Crippen molar-refractivity contribution in [3.8, 4) is 0 Å². The molecule has 0 spiro atoms. The predicted octanol–water partition coefficient (Wildman–Crippen LogP) is 0.0932. The van der Waals surface area contributed by atoms with E-state index in [1.165, 1.54) is 24.4 Å². The molecule has 2 rings (SSSR count). The minimum absolute atomic E-state index is 0.348. The van der Waals surface area contributed by atoms with Crippen LogP contribution in [0.5, 0.6) is 0 Å². The van der Waals surface area contributed by atoms with Gasteiger partial charge in [0, 0.05) is 12.2 Å². The van der Waals surface area contributed by atoms with E-state index in [2.05, 4.69) is 4.98 Å². The van der Waals surface area contributed by atoms with Crippen molar-refractivity contribution >= 4 is 23.3 Å². The molecule has 1 aromatic rings. The highest BCUT2D eigenvalue weighted by atomic mass is 16.2. The minimum Gasteiger partial charge on any atom is -0.384 e. The van der Waals surface area contributed by atoms with Crippen molar-refractivity contribution < 1.29 is 9.59 Å². The zero-order chi connectivity index (χ0) is 10.1. The maximum atomic E-state index is 11.2. The quantitative estimate of drug-likeness (QED) is 0.635. The summed E-state index contributed by atoms with van der Waals surface area (Å²) in [7, 11) is 0. The fourth-order valence-corrected chi connectivity index (χ4v) is 1.18. The van der Waals surface area contributed by atoms with Crippen LogP contribution in [0.15, 0.2) is 30.5 Å². The molecule has 2 heterocycles. The van der Waals surface area contributed by atoms with Crippen molar-refractivity contribution in [2.45, 2.75) is 0 Å². The van der Waals surface area contributed by atoms with Gasteiger partial charge in [0.1, 0.15) is 5.82 Å². The van der Waals surface area contributed by atoms with Gasteiger partial charge in [-0.25, -0.2) is 9.88 Å². The van der Waals surface area contributed by atoms with Crippen LogP contribution >= 0.6 is 0 Å². The van der Waals surface area contributed by atoms with E-state index in [1.54, 1.807) is 6.07 Å². The summed E-state index contributed by atoms with van der Waals surface area (Å²) < 4.78 is 0. The van der Waals surface area contributed by atoms with Gasteiger partial charge in [-0.2, -0.15) is 0 Å². The highest BCUT2D eigenvalue weighted by molar-refractivity contribution is 6.28. The first-order valence-corrected chi connectivity index (χ1v) is 3.96. The Morgan fingerprint density at radius 2 is 1.79 bits per heavy atom. The summed E-state index contributed by atoms with van der Waals surface area (Å²) in [5.74, 6) is -0.371. The van der Waals surface area contributed by atoms with Gasteiger partial charge in [-0.15, -0.1) is 0 Å². The van der Waals surface area contributed by atoms with Crippen LogP contribution in [0, 0.1) is 0 Å². The van der Waals surface area contributed by atoms with Gasteiger partial charge in [-0.05, 0) is 12.1 Å². The van der Waals surface area contributed by atoms with Gasteiger partial charge in [0.05, 0.1) is 11.9 Å². The molecule has 1 aromatic heterocycles. The molecule has 2 N–H and O–H groups in total. The Hall–Kier alpha value is -2.17. The minimum atomic E-state index is -0.360. The molecular formula is C9H7N3O2. The maximum absolute atomic E-state index is 11.2. The highest BCUT2D eigenvalue weighted by Crippen LogP contribution is 2.17. The zero-order valence-electron chi connectivity index (χ0n) is 7.18. The molecule has 1 aliphatic heterocycles. The Morgan fingerprint density at radius 1 is 1.14 bits per heavy atom. The summed E-state index contributed by atoms with van der Waals surface area (Å²) in [6.07, 6.45) is 3.83. The van der Waals surface area contributed by atoms with Crippen LogP contribution in [0.1, 0.15) is 0 Å². The molecule has 2 amide bonds. The van der Waals surface area contributed by atoms with Crippen LogP contribution in [0.4, 0.5) is 11.5 Å². The first-order valence-electron chi connectivity index (χ1n) is 3.96. The molecule has 14 heavy (non-hydrogen) atoms. The summed E-state index contributed by atoms with van der Waals surface area (Å²) in [5.41, 5.74) is 5.81. The molecule has 5 heteroatoms. The largest absolute Gasteiger partial charge is 0.384 e. The number of carbonyl (C=O) groups is 2. The summed E-state index contributed by atoms with van der Waals surface area (Å²) in [6.45, 7) is 0. The third-order valence-corrected chi connectivity index (χ3v) is 1.84. The molecule has 0 fully saturated rings. The van der Waals surface area contributed by atoms with Gasteiger partial charge >= 0.3 is 0 Å². The molecule has 70 valence electrons. The lowest BCUT2D eigenvalue weighted by Gasteiger charge is -2.12. The highest BCUT2D eigenvalue weighted by Gasteiger charge is 2.24. The second-order valence-electron chi connectivity index (χ2n) is 2.79. The Labute approximate surface area is 79.8 Å². The van der Waals surface area contributed by atoms with Crippen LogP contribution in [0.3, 0.4) is 0 Å². The third-order valence-electron chi connectivity index (χ3n) is 1.84. The van der Waals surface area contributed by atoms with Crippen molar-refractivity contribution in [1.29, 1.82) is 0 Å². The number of anilines is 2. The number of nitrogen functional groups attached to an aromatic ring is 1. The lowest BCUT2D eigenvalue weighted by atomic mass is 10.3. The van der Waals surface area contributed by atoms with Gasteiger partial charge in [0.15, 0.2) is 0 Å². The smallest absolute Gasteiger partial charge is 0.258 e. The molecule has 0 atom stereocenters. The first kappa shape index (κ1) is 8.43. The Balaban J connectivity index is 2.36. The van der Waals surface area contributed by atoms with E-state index < -0.39 is 0 Å². The Morgan fingerprint density at radius 3 is 2.29 bits per heavy atom. The number of rotatable bonds is 1. The summed E-state index contributed by atoms with van der Waals surface area (Å²) in [6, 6.07) is 3.11. The van der Waals surface area contributed by atoms with Crippen LogP contribution in [-0.4, -0.2) is 16.8 Å². The molecular weight excluding hydrogens is 182 g/mol. The molecule has 0 aliphatic carbocycles. The van der Waals surface area contributed by atoms with Gasteiger partial charge in [0.25, 0.3) is 11.8 Å². The van der Waals surface area contributed by atoms with Gasteiger partial charge in [0.2, 0.25) is 0 Å². The van der Waals surface area contributed by atoms with E-state index >= 15 is 0 Å². The van der Waals surface area contributed by atoms with E-state index in [0.717, 1.165) is 4.90 Å². The van der Waals surface area contributed by atoms with Crippen molar-refractivity contribution in [2.75, 3.05) is 10.6 Å². The second kappa shape index (κ2) is 2.95. The van der Waals surface area contributed by atoms with E-state index in [1.807, 2.05) is 0 Å². The number of pyridine rings is 1. The Kier molecular flexibility index (Phi) is 1.78. The summed E-state index contributed by atoms with van der Waals surface area (Å²) in [5, 5.41) is 0. The number of nitrogens with zero attached hydrogens (tertiary/aromatic N) is 2. The topological polar surface area (TPSA) is 76.3 Å². The van der Waals surface area contributed by atoms with Crippen molar-refractivity contribution in [2.24, 2.45) is 0 Å². The number of nitrogens with two attached hydrogens (primary N) is 1. The number of hydrogen-bond donors (Lipinski definition) is 1. The fourth-order valence-electron chi connectivity index (χ4n) is 1.18. The fraction of sp³-hybridized carbons (Fsp3) is 0. The van der Waals surface area contributed by atoms with Crippen LogP contribution in [-0.2, 0) is 9.59 Å². The molecule has 0 bridgehead atoms. The average Bonchev–Trinajstić information content (AvgIpc) is 2.49. The predicted molar refractivity (Wildman–Crippen MR) is 50.3 cm³/mol. The number of hydrogen-bond acceptors (Lipinski definition) is 4. The number of carbonyl (C=O) groups excluding carboxylic acids is 2. The van der Waals surface area contributed by atoms with E-state index in [4.69, 9.17) is 5.73 Å². The number of imide groups is 1. The molecule has 0 saturated carbocycles. The molecule has 0 aromatic carbocycles. The van der Waals surface area contributed by atoms with E-state index in [-0.39, 0.29) is 11.8 Å². The number of amides is 2. The average molecular weight is 189 g/mol. The van der Waals surface area contributed by atoms with Crippen molar-refractivity contribution in [1.82, 2.24) is 4.98 Å². The van der Waals surface area contributed by atoms with Crippen molar-refractivity contribution in [3.63, 3.8) is 0 Å². The van der Waals surface area contributed by atoms with Gasteiger partial charge < -0.3 is 5.73 Å². The lowest BCUT2D eigenvalue weighted by molar-refractivity contribution is -0.119. The van der Waals surface area contributed by atoms with E-state index in [0.29, 0.717) is 11.5 Å².